The van der Waals surface area contributed by atoms with E-state index in [-0.39, 0.29) is 24.1 Å². The Morgan fingerprint density at radius 3 is 2.41 bits per heavy atom. The molecule has 0 radical (unpaired) electrons. The topological polar surface area (TPSA) is 86.1 Å². The molecule has 172 valence electrons. The van der Waals surface area contributed by atoms with E-state index in [4.69, 9.17) is 4.74 Å². The monoisotopic (exact) mass is 472 g/mol. The third-order valence-electron chi connectivity index (χ3n) is 4.97. The van der Waals surface area contributed by atoms with Crippen LogP contribution in [0.25, 0.3) is 0 Å². The Balaban J connectivity index is 1.45. The van der Waals surface area contributed by atoms with Crippen LogP contribution in [0.1, 0.15) is 28.7 Å². The number of Topliss-reactive ketones (excluding diaryl/α,β-unsaturated/α-hetero) is 1. The van der Waals surface area contributed by atoms with E-state index in [9.17, 15) is 9.59 Å². The highest BCUT2D eigenvalue weighted by molar-refractivity contribution is 7.99. The number of hydrogen-bond donors (Lipinski definition) is 1. The molecule has 0 atom stereocenters. The van der Waals surface area contributed by atoms with Crippen molar-refractivity contribution in [3.05, 3.63) is 102 Å². The van der Waals surface area contributed by atoms with E-state index in [0.717, 1.165) is 11.3 Å². The molecule has 0 saturated heterocycles. The second-order valence-electron chi connectivity index (χ2n) is 7.55. The first-order valence-corrected chi connectivity index (χ1v) is 11.7. The Morgan fingerprint density at radius 1 is 0.941 bits per heavy atom. The number of carbonyl (C=O) groups excluding carboxylic acids is 2. The zero-order valence-corrected chi connectivity index (χ0v) is 19.5. The van der Waals surface area contributed by atoms with Crippen LogP contribution in [0.15, 0.2) is 90.1 Å². The van der Waals surface area contributed by atoms with Crippen molar-refractivity contribution in [2.45, 2.75) is 25.2 Å². The average molecular weight is 473 g/mol. The first-order valence-electron chi connectivity index (χ1n) is 10.8. The summed E-state index contributed by atoms with van der Waals surface area (Å²) in [4.78, 5) is 24.1. The summed E-state index contributed by atoms with van der Waals surface area (Å²) >= 11 is 1.30. The van der Waals surface area contributed by atoms with Gasteiger partial charge in [-0.25, -0.2) is 0 Å². The molecule has 8 heteroatoms. The van der Waals surface area contributed by atoms with Crippen molar-refractivity contribution in [2.75, 3.05) is 11.1 Å². The summed E-state index contributed by atoms with van der Waals surface area (Å²) in [6, 6.07) is 26.4. The molecule has 7 nitrogen and oxygen atoms in total. The van der Waals surface area contributed by atoms with Crippen LogP contribution in [0.3, 0.4) is 0 Å². The van der Waals surface area contributed by atoms with E-state index in [2.05, 4.69) is 15.5 Å². The number of para-hydroxylation sites is 1. The van der Waals surface area contributed by atoms with Crippen LogP contribution in [0.2, 0.25) is 0 Å². The van der Waals surface area contributed by atoms with Crippen LogP contribution in [-0.4, -0.2) is 32.2 Å². The summed E-state index contributed by atoms with van der Waals surface area (Å²) in [7, 11) is 0. The lowest BCUT2D eigenvalue weighted by Gasteiger charge is -2.11. The molecule has 3 aromatic carbocycles. The highest BCUT2D eigenvalue weighted by Crippen LogP contribution is 2.21. The summed E-state index contributed by atoms with van der Waals surface area (Å²) in [5.74, 6) is 1.33. The van der Waals surface area contributed by atoms with E-state index < -0.39 is 0 Å². The molecule has 1 aromatic heterocycles. The van der Waals surface area contributed by atoms with Crippen LogP contribution < -0.4 is 10.1 Å². The first-order chi connectivity index (χ1) is 16.6. The molecule has 0 aliphatic heterocycles. The molecule has 0 bridgehead atoms. The van der Waals surface area contributed by atoms with Crippen molar-refractivity contribution in [1.29, 1.82) is 0 Å². The number of anilines is 1. The Morgan fingerprint density at radius 2 is 1.68 bits per heavy atom. The molecule has 4 aromatic rings. The smallest absolute Gasteiger partial charge is 0.234 e. The number of aromatic nitrogens is 3. The zero-order chi connectivity index (χ0) is 23.8. The number of carbonyl (C=O) groups is 2. The maximum atomic E-state index is 12.6. The van der Waals surface area contributed by atoms with Gasteiger partial charge >= 0.3 is 0 Å². The molecular weight excluding hydrogens is 448 g/mol. The fourth-order valence-electron chi connectivity index (χ4n) is 3.27. The molecule has 0 aliphatic rings. The number of benzene rings is 3. The van der Waals surface area contributed by atoms with Crippen molar-refractivity contribution >= 4 is 29.1 Å². The van der Waals surface area contributed by atoms with Gasteiger partial charge < -0.3 is 10.1 Å². The lowest BCUT2D eigenvalue weighted by atomic mass is 10.1. The van der Waals surface area contributed by atoms with Gasteiger partial charge in [0.25, 0.3) is 0 Å². The molecule has 1 N–H and O–H groups in total. The van der Waals surface area contributed by atoms with E-state index in [1.165, 1.54) is 18.7 Å². The van der Waals surface area contributed by atoms with E-state index >= 15 is 0 Å². The molecule has 4 rings (SSSR count). The predicted octanol–water partition coefficient (Wildman–Crippen LogP) is 4.84. The summed E-state index contributed by atoms with van der Waals surface area (Å²) in [6.07, 6.45) is 0. The lowest BCUT2D eigenvalue weighted by Crippen LogP contribution is -2.15. The second-order valence-corrected chi connectivity index (χ2v) is 8.49. The lowest BCUT2D eigenvalue weighted by molar-refractivity contribution is -0.113. The summed E-state index contributed by atoms with van der Waals surface area (Å²) < 4.78 is 7.84. The molecule has 0 saturated carbocycles. The number of hydrogen-bond acceptors (Lipinski definition) is 6. The molecule has 0 unspecified atom stereocenters. The highest BCUT2D eigenvalue weighted by Gasteiger charge is 2.16. The number of ether oxygens (including phenoxy) is 1. The van der Waals surface area contributed by atoms with Gasteiger partial charge in [-0.15, -0.1) is 10.2 Å². The summed E-state index contributed by atoms with van der Waals surface area (Å²) in [5, 5.41) is 12.1. The third-order valence-corrected chi connectivity index (χ3v) is 5.94. The highest BCUT2D eigenvalue weighted by atomic mass is 32.2. The molecule has 34 heavy (non-hydrogen) atoms. The quantitative estimate of drug-likeness (QED) is 0.263. The third kappa shape index (κ3) is 6.32. The Hall–Kier alpha value is -3.91. The van der Waals surface area contributed by atoms with Gasteiger partial charge in [-0.3, -0.25) is 14.2 Å². The van der Waals surface area contributed by atoms with Gasteiger partial charge in [0.1, 0.15) is 12.4 Å². The van der Waals surface area contributed by atoms with Gasteiger partial charge in [0.05, 0.1) is 12.3 Å². The second kappa shape index (κ2) is 11.3. The van der Waals surface area contributed by atoms with Gasteiger partial charge in [0.2, 0.25) is 5.91 Å². The fraction of sp³-hybridized carbons (Fsp3) is 0.154. The Kier molecular flexibility index (Phi) is 7.72. The Bertz CT molecular complexity index is 1260. The minimum absolute atomic E-state index is 0.0512. The van der Waals surface area contributed by atoms with Crippen molar-refractivity contribution in [2.24, 2.45) is 0 Å². The van der Waals surface area contributed by atoms with Crippen molar-refractivity contribution in [3.63, 3.8) is 0 Å². The first kappa shape index (κ1) is 23.3. The number of thioether (sulfide) groups is 1. The predicted molar refractivity (Wildman–Crippen MR) is 132 cm³/mol. The summed E-state index contributed by atoms with van der Waals surface area (Å²) in [6.45, 7) is 2.32. The van der Waals surface area contributed by atoms with Gasteiger partial charge in [0.15, 0.2) is 16.8 Å². The summed E-state index contributed by atoms with van der Waals surface area (Å²) in [5.41, 5.74) is 2.23. The van der Waals surface area contributed by atoms with Gasteiger partial charge in [0, 0.05) is 11.3 Å². The number of ketones is 1. The van der Waals surface area contributed by atoms with E-state index in [0.29, 0.717) is 28.8 Å². The van der Waals surface area contributed by atoms with Crippen LogP contribution in [0.5, 0.6) is 5.75 Å². The van der Waals surface area contributed by atoms with Crippen LogP contribution in [-0.2, 0) is 17.9 Å². The molecular formula is C26H24N4O3S. The van der Waals surface area contributed by atoms with Crippen LogP contribution >= 0.6 is 11.8 Å². The molecule has 0 fully saturated rings. The van der Waals surface area contributed by atoms with Crippen LogP contribution in [0, 0.1) is 0 Å². The normalized spacial score (nSPS) is 10.6. The average Bonchev–Trinajstić information content (AvgIpc) is 3.24. The van der Waals surface area contributed by atoms with Gasteiger partial charge in [-0.2, -0.15) is 0 Å². The SMILES string of the molecule is CC(=O)c1cccc(NC(=O)CSc2nnc(COc3ccccc3)n2Cc2ccccc2)c1. The zero-order valence-electron chi connectivity index (χ0n) is 18.7. The number of nitrogens with one attached hydrogen (secondary N) is 1. The maximum Gasteiger partial charge on any atom is 0.234 e. The molecule has 0 aliphatic carbocycles. The molecule has 0 spiro atoms. The van der Waals surface area contributed by atoms with Gasteiger partial charge in [-0.1, -0.05) is 72.4 Å². The molecule has 1 heterocycles. The van der Waals surface area contributed by atoms with Crippen LogP contribution in [0.4, 0.5) is 5.69 Å². The van der Waals surface area contributed by atoms with Crippen molar-refractivity contribution in [3.8, 4) is 5.75 Å². The van der Waals surface area contributed by atoms with E-state index in [1.54, 1.807) is 24.3 Å². The van der Waals surface area contributed by atoms with Crippen molar-refractivity contribution < 1.29 is 14.3 Å². The standard InChI is InChI=1S/C26H24N4O3S/c1-19(31)21-11-8-12-22(15-21)27-25(32)18-34-26-29-28-24(17-33-23-13-6-3-7-14-23)30(26)16-20-9-4-2-5-10-20/h2-15H,16-18H2,1H3,(H,27,32). The maximum absolute atomic E-state index is 12.6. The fourth-order valence-corrected chi connectivity index (χ4v) is 4.02. The molecule has 1 amide bonds. The number of nitrogens with zero attached hydrogens (tertiary/aromatic N) is 3. The van der Waals surface area contributed by atoms with Gasteiger partial charge in [-0.05, 0) is 36.8 Å². The van der Waals surface area contributed by atoms with E-state index in [1.807, 2.05) is 65.2 Å². The number of amides is 1. The van der Waals surface area contributed by atoms with Crippen molar-refractivity contribution in [1.82, 2.24) is 14.8 Å². The Labute approximate surface area is 202 Å². The minimum Gasteiger partial charge on any atom is -0.486 e. The minimum atomic E-state index is -0.193. The number of rotatable bonds is 10. The largest absolute Gasteiger partial charge is 0.486 e.